The van der Waals surface area contributed by atoms with E-state index in [9.17, 15) is 9.90 Å². The van der Waals surface area contributed by atoms with E-state index >= 15 is 0 Å². The largest absolute Gasteiger partial charge is 0.389 e. The first-order valence-electron chi connectivity index (χ1n) is 7.07. The molecule has 0 radical (unpaired) electrons. The Morgan fingerprint density at radius 2 is 2.15 bits per heavy atom. The Morgan fingerprint density at radius 3 is 2.70 bits per heavy atom. The molecule has 0 spiro atoms. The van der Waals surface area contributed by atoms with E-state index < -0.39 is 6.10 Å². The summed E-state index contributed by atoms with van der Waals surface area (Å²) in [6.07, 6.45) is 0.269. The normalized spacial score (nSPS) is 12.7. The molecule has 0 fully saturated rings. The summed E-state index contributed by atoms with van der Waals surface area (Å²) in [5.74, 6) is 0.319. The van der Waals surface area contributed by atoms with Gasteiger partial charge in [-0.15, -0.1) is 11.3 Å². The fourth-order valence-electron chi connectivity index (χ4n) is 1.78. The Bertz CT molecular complexity index is 429. The number of nitrogens with one attached hydrogen (secondary N) is 1. The third kappa shape index (κ3) is 5.61. The van der Waals surface area contributed by atoms with Crippen molar-refractivity contribution in [3.63, 3.8) is 0 Å². The van der Waals surface area contributed by atoms with Gasteiger partial charge in [0.05, 0.1) is 17.6 Å². The number of aryl methyl sites for hydroxylation is 2. The van der Waals surface area contributed by atoms with E-state index in [0.717, 1.165) is 6.42 Å². The van der Waals surface area contributed by atoms with Gasteiger partial charge in [0.1, 0.15) is 0 Å². The maximum absolute atomic E-state index is 12.0. The molecule has 0 aliphatic rings. The van der Waals surface area contributed by atoms with Crippen LogP contribution in [0.15, 0.2) is 6.07 Å². The van der Waals surface area contributed by atoms with Crippen molar-refractivity contribution in [1.29, 1.82) is 0 Å². The van der Waals surface area contributed by atoms with Crippen LogP contribution in [0.25, 0.3) is 0 Å². The standard InChI is InChI=1S/C15H25NO3S/c1-5-12-6-14(20-11(12)4)15(18)16-7-13(17)9-19-8-10(2)3/h6,10,13,17H,5,7-9H2,1-4H3,(H,16,18). The number of ether oxygens (including phenoxy) is 1. The van der Waals surface area contributed by atoms with Crippen LogP contribution in [0.2, 0.25) is 0 Å². The molecule has 114 valence electrons. The number of carbonyl (C=O) groups excluding carboxylic acids is 1. The fourth-order valence-corrected chi connectivity index (χ4v) is 2.81. The van der Waals surface area contributed by atoms with Gasteiger partial charge in [-0.2, -0.15) is 0 Å². The third-order valence-corrected chi connectivity index (χ3v) is 3.98. The van der Waals surface area contributed by atoms with E-state index in [1.54, 1.807) is 0 Å². The molecule has 1 heterocycles. The van der Waals surface area contributed by atoms with E-state index in [1.165, 1.54) is 21.8 Å². The molecule has 0 aliphatic carbocycles. The Morgan fingerprint density at radius 1 is 1.45 bits per heavy atom. The number of aliphatic hydroxyl groups is 1. The van der Waals surface area contributed by atoms with Gasteiger partial charge in [-0.05, 0) is 30.9 Å². The van der Waals surface area contributed by atoms with E-state index in [2.05, 4.69) is 26.1 Å². The summed E-state index contributed by atoms with van der Waals surface area (Å²) in [4.78, 5) is 13.8. The van der Waals surface area contributed by atoms with Crippen LogP contribution in [0.3, 0.4) is 0 Å². The first-order valence-corrected chi connectivity index (χ1v) is 7.89. The molecule has 0 aromatic carbocycles. The first-order chi connectivity index (χ1) is 9.43. The zero-order chi connectivity index (χ0) is 15.1. The Kier molecular flexibility index (Phi) is 7.19. The summed E-state index contributed by atoms with van der Waals surface area (Å²) < 4.78 is 5.34. The molecule has 0 saturated heterocycles. The van der Waals surface area contributed by atoms with Crippen molar-refractivity contribution in [1.82, 2.24) is 5.32 Å². The smallest absolute Gasteiger partial charge is 0.261 e. The monoisotopic (exact) mass is 299 g/mol. The maximum Gasteiger partial charge on any atom is 0.261 e. The zero-order valence-corrected chi connectivity index (χ0v) is 13.5. The minimum atomic E-state index is -0.663. The molecule has 4 nitrogen and oxygen atoms in total. The summed E-state index contributed by atoms with van der Waals surface area (Å²) in [7, 11) is 0. The summed E-state index contributed by atoms with van der Waals surface area (Å²) >= 11 is 1.50. The molecule has 20 heavy (non-hydrogen) atoms. The van der Waals surface area contributed by atoms with Crippen LogP contribution in [0.4, 0.5) is 0 Å². The number of carbonyl (C=O) groups is 1. The van der Waals surface area contributed by atoms with Gasteiger partial charge < -0.3 is 15.2 Å². The average molecular weight is 299 g/mol. The summed E-state index contributed by atoms with van der Waals surface area (Å²) in [5, 5.41) is 12.5. The van der Waals surface area contributed by atoms with Crippen LogP contribution < -0.4 is 5.32 Å². The van der Waals surface area contributed by atoms with Gasteiger partial charge in [0.15, 0.2) is 0 Å². The minimum Gasteiger partial charge on any atom is -0.389 e. The van der Waals surface area contributed by atoms with Crippen molar-refractivity contribution in [3.8, 4) is 0 Å². The molecule has 1 atom stereocenters. The molecular formula is C15H25NO3S. The number of hydrogen-bond donors (Lipinski definition) is 2. The highest BCUT2D eigenvalue weighted by molar-refractivity contribution is 7.14. The average Bonchev–Trinajstić information content (AvgIpc) is 2.77. The molecule has 1 rings (SSSR count). The maximum atomic E-state index is 12.0. The van der Waals surface area contributed by atoms with Crippen molar-refractivity contribution < 1.29 is 14.6 Å². The molecule has 5 heteroatoms. The number of amides is 1. The lowest BCUT2D eigenvalue weighted by atomic mass is 10.2. The number of rotatable bonds is 8. The Hall–Kier alpha value is -0.910. The highest BCUT2D eigenvalue weighted by Gasteiger charge is 2.13. The summed E-state index contributed by atoms with van der Waals surface area (Å²) in [5.41, 5.74) is 1.21. The molecule has 1 aromatic rings. The first kappa shape index (κ1) is 17.1. The second-order valence-electron chi connectivity index (χ2n) is 5.34. The van der Waals surface area contributed by atoms with Gasteiger partial charge >= 0.3 is 0 Å². The summed E-state index contributed by atoms with van der Waals surface area (Å²) in [6, 6.07) is 1.93. The fraction of sp³-hybridized carbons (Fsp3) is 0.667. The minimum absolute atomic E-state index is 0.124. The molecule has 1 unspecified atom stereocenters. The van der Waals surface area contributed by atoms with Crippen molar-refractivity contribution >= 4 is 17.2 Å². The van der Waals surface area contributed by atoms with Crippen LogP contribution in [0, 0.1) is 12.8 Å². The van der Waals surface area contributed by atoms with E-state index in [4.69, 9.17) is 4.74 Å². The molecule has 1 amide bonds. The number of aliphatic hydroxyl groups excluding tert-OH is 1. The highest BCUT2D eigenvalue weighted by atomic mass is 32.1. The van der Waals surface area contributed by atoms with Crippen LogP contribution in [-0.4, -0.2) is 36.9 Å². The Labute approximate surface area is 125 Å². The molecular weight excluding hydrogens is 274 g/mol. The number of thiophene rings is 1. The van der Waals surface area contributed by atoms with Crippen LogP contribution in [0.5, 0.6) is 0 Å². The summed E-state index contributed by atoms with van der Waals surface area (Å²) in [6.45, 7) is 9.30. The molecule has 0 aliphatic heterocycles. The second-order valence-corrected chi connectivity index (χ2v) is 6.60. The van der Waals surface area contributed by atoms with Crippen molar-refractivity contribution in [3.05, 3.63) is 21.4 Å². The molecule has 0 bridgehead atoms. The number of hydrogen-bond acceptors (Lipinski definition) is 4. The third-order valence-electron chi connectivity index (χ3n) is 2.88. The van der Waals surface area contributed by atoms with E-state index in [-0.39, 0.29) is 19.1 Å². The SMILES string of the molecule is CCc1cc(C(=O)NCC(O)COCC(C)C)sc1C. The topological polar surface area (TPSA) is 58.6 Å². The van der Waals surface area contributed by atoms with Crippen LogP contribution >= 0.6 is 11.3 Å². The molecule has 0 saturated carbocycles. The van der Waals surface area contributed by atoms with Gasteiger partial charge in [0, 0.05) is 18.0 Å². The van der Waals surface area contributed by atoms with Gasteiger partial charge in [0.2, 0.25) is 0 Å². The predicted octanol–water partition coefficient (Wildman–Crippen LogP) is 2.38. The van der Waals surface area contributed by atoms with Gasteiger partial charge in [0.25, 0.3) is 5.91 Å². The van der Waals surface area contributed by atoms with Gasteiger partial charge in [-0.1, -0.05) is 20.8 Å². The van der Waals surface area contributed by atoms with Crippen molar-refractivity contribution in [2.75, 3.05) is 19.8 Å². The van der Waals surface area contributed by atoms with Crippen molar-refractivity contribution in [2.45, 2.75) is 40.2 Å². The lowest BCUT2D eigenvalue weighted by Gasteiger charge is -2.13. The highest BCUT2D eigenvalue weighted by Crippen LogP contribution is 2.21. The van der Waals surface area contributed by atoms with Gasteiger partial charge in [-0.25, -0.2) is 0 Å². The predicted molar refractivity (Wildman–Crippen MR) is 82.4 cm³/mol. The lowest BCUT2D eigenvalue weighted by molar-refractivity contribution is 0.0259. The van der Waals surface area contributed by atoms with Crippen LogP contribution in [0.1, 0.15) is 40.9 Å². The quantitative estimate of drug-likeness (QED) is 0.775. The lowest BCUT2D eigenvalue weighted by Crippen LogP contribution is -2.34. The van der Waals surface area contributed by atoms with E-state index in [0.29, 0.717) is 17.4 Å². The van der Waals surface area contributed by atoms with Crippen LogP contribution in [-0.2, 0) is 11.2 Å². The zero-order valence-electron chi connectivity index (χ0n) is 12.7. The van der Waals surface area contributed by atoms with Gasteiger partial charge in [-0.3, -0.25) is 4.79 Å². The van der Waals surface area contributed by atoms with E-state index in [1.807, 2.05) is 13.0 Å². The van der Waals surface area contributed by atoms with Crippen molar-refractivity contribution in [2.24, 2.45) is 5.92 Å². The second kappa shape index (κ2) is 8.39. The Balaban J connectivity index is 2.35. The molecule has 2 N–H and O–H groups in total. The molecule has 1 aromatic heterocycles.